The van der Waals surface area contributed by atoms with Gasteiger partial charge in [-0.05, 0) is 12.5 Å². The smallest absolute Gasteiger partial charge is 0.0698 e. The van der Waals surface area contributed by atoms with Crippen LogP contribution in [-0.2, 0) is 4.74 Å². The van der Waals surface area contributed by atoms with Crippen molar-refractivity contribution < 1.29 is 9.84 Å². The fraction of sp³-hybridized carbons (Fsp3) is 0.600. The monoisotopic (exact) mass is 281 g/mol. The third kappa shape index (κ3) is 4.49. The van der Waals surface area contributed by atoms with Crippen LogP contribution in [0.4, 0.5) is 0 Å². The van der Waals surface area contributed by atoms with Crippen molar-refractivity contribution in [1.29, 1.82) is 0 Å². The SMILES string of the molecule is Cc1ccc(C2CSCCN2CCOCCO)cc1. The first-order chi connectivity index (χ1) is 9.31. The highest BCUT2D eigenvalue weighted by molar-refractivity contribution is 7.99. The molecule has 1 aliphatic heterocycles. The number of ether oxygens (including phenoxy) is 1. The third-order valence-electron chi connectivity index (χ3n) is 3.46. The second-order valence-electron chi connectivity index (χ2n) is 4.87. The van der Waals surface area contributed by atoms with Crippen molar-refractivity contribution in [3.05, 3.63) is 35.4 Å². The second kappa shape index (κ2) is 7.90. The number of nitrogens with zero attached hydrogens (tertiary/aromatic N) is 1. The summed E-state index contributed by atoms with van der Waals surface area (Å²) in [4.78, 5) is 2.50. The van der Waals surface area contributed by atoms with Crippen LogP contribution in [0.15, 0.2) is 24.3 Å². The maximum atomic E-state index is 8.72. The Labute approximate surface area is 120 Å². The highest BCUT2D eigenvalue weighted by Crippen LogP contribution is 2.29. The first kappa shape index (κ1) is 14.9. The summed E-state index contributed by atoms with van der Waals surface area (Å²) in [7, 11) is 0. The van der Waals surface area contributed by atoms with Gasteiger partial charge in [-0.25, -0.2) is 0 Å². The summed E-state index contributed by atoms with van der Waals surface area (Å²) in [5, 5.41) is 8.72. The molecule has 0 radical (unpaired) electrons. The lowest BCUT2D eigenvalue weighted by molar-refractivity contribution is 0.0663. The second-order valence-corrected chi connectivity index (χ2v) is 6.02. The molecule has 106 valence electrons. The predicted octanol–water partition coefficient (Wildman–Crippen LogP) is 2.09. The Hall–Kier alpha value is -0.550. The molecule has 4 heteroatoms. The van der Waals surface area contributed by atoms with Gasteiger partial charge < -0.3 is 9.84 Å². The van der Waals surface area contributed by atoms with Crippen LogP contribution in [0.25, 0.3) is 0 Å². The van der Waals surface area contributed by atoms with E-state index in [-0.39, 0.29) is 6.61 Å². The van der Waals surface area contributed by atoms with Gasteiger partial charge in [-0.3, -0.25) is 4.90 Å². The van der Waals surface area contributed by atoms with Gasteiger partial charge in [-0.15, -0.1) is 0 Å². The molecule has 1 saturated heterocycles. The number of rotatable bonds is 6. The van der Waals surface area contributed by atoms with Gasteiger partial charge in [0.2, 0.25) is 0 Å². The molecule has 0 aromatic heterocycles. The molecule has 1 aromatic rings. The van der Waals surface area contributed by atoms with Crippen LogP contribution in [0.2, 0.25) is 0 Å². The standard InChI is InChI=1S/C15H23NO2S/c1-13-2-4-14(5-3-13)15-12-19-11-7-16(15)6-9-18-10-8-17/h2-5,15,17H,6-12H2,1H3. The van der Waals surface area contributed by atoms with E-state index in [0.717, 1.165) is 18.8 Å². The van der Waals surface area contributed by atoms with Crippen molar-refractivity contribution in [1.82, 2.24) is 4.90 Å². The quantitative estimate of drug-likeness (QED) is 0.809. The zero-order chi connectivity index (χ0) is 13.5. The van der Waals surface area contributed by atoms with Gasteiger partial charge in [0.05, 0.1) is 19.8 Å². The fourth-order valence-corrected chi connectivity index (χ4v) is 3.51. The van der Waals surface area contributed by atoms with E-state index >= 15 is 0 Å². The van der Waals surface area contributed by atoms with Crippen molar-refractivity contribution >= 4 is 11.8 Å². The van der Waals surface area contributed by atoms with Crippen molar-refractivity contribution in [3.63, 3.8) is 0 Å². The largest absolute Gasteiger partial charge is 0.394 e. The number of hydrogen-bond acceptors (Lipinski definition) is 4. The minimum absolute atomic E-state index is 0.108. The van der Waals surface area contributed by atoms with Gasteiger partial charge in [0.1, 0.15) is 0 Å². The summed E-state index contributed by atoms with van der Waals surface area (Å²) in [5.41, 5.74) is 2.71. The molecule has 0 aliphatic carbocycles. The Morgan fingerprint density at radius 1 is 1.32 bits per heavy atom. The molecular formula is C15H23NO2S. The van der Waals surface area contributed by atoms with Gasteiger partial charge in [0.15, 0.2) is 0 Å². The molecular weight excluding hydrogens is 258 g/mol. The van der Waals surface area contributed by atoms with Gasteiger partial charge >= 0.3 is 0 Å². The Morgan fingerprint density at radius 2 is 2.11 bits per heavy atom. The number of aliphatic hydroxyl groups is 1. The van der Waals surface area contributed by atoms with Crippen LogP contribution in [0, 0.1) is 6.92 Å². The first-order valence-corrected chi connectivity index (χ1v) is 8.03. The zero-order valence-electron chi connectivity index (χ0n) is 11.5. The molecule has 1 aromatic carbocycles. The van der Waals surface area contributed by atoms with Crippen molar-refractivity contribution in [2.45, 2.75) is 13.0 Å². The van der Waals surface area contributed by atoms with Gasteiger partial charge in [-0.2, -0.15) is 11.8 Å². The van der Waals surface area contributed by atoms with E-state index < -0.39 is 0 Å². The Bertz CT molecular complexity index is 369. The molecule has 2 rings (SSSR count). The van der Waals surface area contributed by atoms with Crippen LogP contribution in [-0.4, -0.2) is 54.4 Å². The summed E-state index contributed by atoms with van der Waals surface area (Å²) in [6.45, 7) is 5.44. The molecule has 19 heavy (non-hydrogen) atoms. The lowest BCUT2D eigenvalue weighted by Crippen LogP contribution is -2.38. The summed E-state index contributed by atoms with van der Waals surface area (Å²) >= 11 is 2.03. The normalized spacial score (nSPS) is 20.6. The number of aryl methyl sites for hydroxylation is 1. The van der Waals surface area contributed by atoms with Crippen LogP contribution < -0.4 is 0 Å². The van der Waals surface area contributed by atoms with Crippen LogP contribution in [0.5, 0.6) is 0 Å². The molecule has 3 nitrogen and oxygen atoms in total. The maximum absolute atomic E-state index is 8.72. The summed E-state index contributed by atoms with van der Waals surface area (Å²) < 4.78 is 5.39. The molecule has 1 fully saturated rings. The summed E-state index contributed by atoms with van der Waals surface area (Å²) in [5.74, 6) is 2.35. The van der Waals surface area contributed by atoms with Crippen molar-refractivity contribution in [3.8, 4) is 0 Å². The first-order valence-electron chi connectivity index (χ1n) is 6.88. The number of hydrogen-bond donors (Lipinski definition) is 1. The highest BCUT2D eigenvalue weighted by Gasteiger charge is 2.23. The lowest BCUT2D eigenvalue weighted by Gasteiger charge is -2.35. The highest BCUT2D eigenvalue weighted by atomic mass is 32.2. The van der Waals surface area contributed by atoms with Gasteiger partial charge in [0.25, 0.3) is 0 Å². The minimum Gasteiger partial charge on any atom is -0.394 e. The van der Waals surface area contributed by atoms with Crippen molar-refractivity contribution in [2.24, 2.45) is 0 Å². The van der Waals surface area contributed by atoms with E-state index in [2.05, 4.69) is 36.1 Å². The summed E-state index contributed by atoms with van der Waals surface area (Å²) in [6.07, 6.45) is 0. The molecule has 0 spiro atoms. The topological polar surface area (TPSA) is 32.7 Å². The average molecular weight is 281 g/mol. The zero-order valence-corrected chi connectivity index (χ0v) is 12.4. The molecule has 1 unspecified atom stereocenters. The van der Waals surface area contributed by atoms with Crippen LogP contribution >= 0.6 is 11.8 Å². The number of thioether (sulfide) groups is 1. The number of aliphatic hydroxyl groups excluding tert-OH is 1. The average Bonchev–Trinajstić information content (AvgIpc) is 2.45. The van der Waals surface area contributed by atoms with Crippen LogP contribution in [0.3, 0.4) is 0 Å². The molecule has 1 heterocycles. The van der Waals surface area contributed by atoms with E-state index in [4.69, 9.17) is 9.84 Å². The minimum atomic E-state index is 0.108. The predicted molar refractivity (Wildman–Crippen MR) is 80.7 cm³/mol. The molecule has 1 atom stereocenters. The van der Waals surface area contributed by atoms with E-state index in [0.29, 0.717) is 19.3 Å². The molecule has 1 aliphatic rings. The summed E-state index contributed by atoms with van der Waals surface area (Å²) in [6, 6.07) is 9.36. The molecule has 0 bridgehead atoms. The fourth-order valence-electron chi connectivity index (χ4n) is 2.35. The number of benzene rings is 1. The lowest BCUT2D eigenvalue weighted by atomic mass is 10.0. The molecule has 0 saturated carbocycles. The Kier molecular flexibility index (Phi) is 6.17. The molecule has 1 N–H and O–H groups in total. The third-order valence-corrected chi connectivity index (χ3v) is 4.48. The van der Waals surface area contributed by atoms with Gasteiger partial charge in [0, 0.05) is 30.6 Å². The van der Waals surface area contributed by atoms with E-state index in [1.807, 2.05) is 11.8 Å². The van der Waals surface area contributed by atoms with E-state index in [1.165, 1.54) is 16.9 Å². The van der Waals surface area contributed by atoms with E-state index in [1.54, 1.807) is 0 Å². The van der Waals surface area contributed by atoms with Crippen molar-refractivity contribution in [2.75, 3.05) is 44.4 Å². The van der Waals surface area contributed by atoms with Crippen LogP contribution in [0.1, 0.15) is 17.2 Å². The maximum Gasteiger partial charge on any atom is 0.0698 e. The Morgan fingerprint density at radius 3 is 2.84 bits per heavy atom. The van der Waals surface area contributed by atoms with E-state index in [9.17, 15) is 0 Å². The van der Waals surface area contributed by atoms with Gasteiger partial charge in [-0.1, -0.05) is 29.8 Å². The Balaban J connectivity index is 1.93. The molecule has 0 amide bonds.